The lowest BCUT2D eigenvalue weighted by molar-refractivity contribution is -0.141. The highest BCUT2D eigenvalue weighted by atomic mass is 32.2. The number of nitrogens with one attached hydrogen (secondary N) is 1. The summed E-state index contributed by atoms with van der Waals surface area (Å²) in [6.07, 6.45) is 0. The molecule has 0 bridgehead atoms. The second-order valence-electron chi connectivity index (χ2n) is 4.72. The van der Waals surface area contributed by atoms with Gasteiger partial charge in [0.2, 0.25) is 9.84 Å². The lowest BCUT2D eigenvalue weighted by Crippen LogP contribution is -2.40. The van der Waals surface area contributed by atoms with Crippen molar-refractivity contribution in [3.8, 4) is 0 Å². The highest BCUT2D eigenvalue weighted by Gasteiger charge is 2.27. The van der Waals surface area contributed by atoms with Crippen molar-refractivity contribution in [2.45, 2.75) is 30.5 Å². The van der Waals surface area contributed by atoms with E-state index in [1.807, 2.05) is 0 Å². The standard InChI is InChI=1S/C13H15F2NO5S/c1-7(12(18)19)8(2)16-11(17)9-3-5-10(6-4-9)22(20,21)13(14)15/h3-8,13H,1-2H3,(H,16,17)(H,18,19). The van der Waals surface area contributed by atoms with Gasteiger partial charge in [0, 0.05) is 11.6 Å². The van der Waals surface area contributed by atoms with Crippen molar-refractivity contribution < 1.29 is 31.9 Å². The van der Waals surface area contributed by atoms with Crippen LogP contribution in [-0.4, -0.2) is 37.2 Å². The van der Waals surface area contributed by atoms with Crippen LogP contribution in [0, 0.1) is 5.92 Å². The third-order valence-electron chi connectivity index (χ3n) is 3.18. The normalized spacial score (nSPS) is 14.4. The van der Waals surface area contributed by atoms with E-state index in [1.165, 1.54) is 13.8 Å². The fourth-order valence-electron chi connectivity index (χ4n) is 1.53. The molecular weight excluding hydrogens is 320 g/mol. The van der Waals surface area contributed by atoms with Gasteiger partial charge in [-0.25, -0.2) is 8.42 Å². The number of carbonyl (C=O) groups is 2. The van der Waals surface area contributed by atoms with Crippen LogP contribution >= 0.6 is 0 Å². The topological polar surface area (TPSA) is 101 Å². The summed E-state index contributed by atoms with van der Waals surface area (Å²) in [7, 11) is -4.71. The van der Waals surface area contributed by atoms with Crippen molar-refractivity contribution in [3.63, 3.8) is 0 Å². The number of sulfone groups is 1. The minimum Gasteiger partial charge on any atom is -0.481 e. The predicted octanol–water partition coefficient (Wildman–Crippen LogP) is 1.52. The van der Waals surface area contributed by atoms with E-state index in [0.29, 0.717) is 0 Å². The fraction of sp³-hybridized carbons (Fsp3) is 0.385. The van der Waals surface area contributed by atoms with Crippen molar-refractivity contribution in [2.24, 2.45) is 5.92 Å². The van der Waals surface area contributed by atoms with E-state index in [-0.39, 0.29) is 5.56 Å². The molecule has 22 heavy (non-hydrogen) atoms. The Labute approximate surface area is 126 Å². The Kier molecular flexibility index (Phi) is 5.59. The maximum Gasteiger partial charge on any atom is 0.341 e. The number of hydrogen-bond acceptors (Lipinski definition) is 4. The molecule has 1 amide bonds. The summed E-state index contributed by atoms with van der Waals surface area (Å²) in [5.41, 5.74) is 0.0395. The third-order valence-corrected chi connectivity index (χ3v) is 4.58. The fourth-order valence-corrected chi connectivity index (χ4v) is 2.25. The molecule has 0 radical (unpaired) electrons. The van der Waals surface area contributed by atoms with Crippen molar-refractivity contribution >= 4 is 21.7 Å². The molecule has 0 aliphatic heterocycles. The first kappa shape index (κ1) is 18.0. The molecule has 0 fully saturated rings. The van der Waals surface area contributed by atoms with Gasteiger partial charge in [-0.15, -0.1) is 0 Å². The first-order valence-electron chi connectivity index (χ1n) is 6.23. The highest BCUT2D eigenvalue weighted by Crippen LogP contribution is 2.18. The summed E-state index contributed by atoms with van der Waals surface area (Å²) >= 11 is 0. The Morgan fingerprint density at radius 2 is 1.64 bits per heavy atom. The molecule has 0 saturated carbocycles. The molecule has 2 unspecified atom stereocenters. The van der Waals surface area contributed by atoms with Crippen LogP contribution in [0.15, 0.2) is 29.2 Å². The number of carbonyl (C=O) groups excluding carboxylic acids is 1. The number of rotatable bonds is 6. The van der Waals surface area contributed by atoms with E-state index in [9.17, 15) is 26.8 Å². The van der Waals surface area contributed by atoms with E-state index < -0.39 is 44.3 Å². The maximum absolute atomic E-state index is 12.4. The lowest BCUT2D eigenvalue weighted by Gasteiger charge is -2.17. The van der Waals surface area contributed by atoms with Crippen LogP contribution in [0.5, 0.6) is 0 Å². The summed E-state index contributed by atoms with van der Waals surface area (Å²) in [6.45, 7) is 2.93. The quantitative estimate of drug-likeness (QED) is 0.821. The number of amides is 1. The van der Waals surface area contributed by atoms with Crippen molar-refractivity contribution in [3.05, 3.63) is 29.8 Å². The molecule has 122 valence electrons. The van der Waals surface area contributed by atoms with Gasteiger partial charge in [-0.2, -0.15) is 8.78 Å². The number of hydrogen-bond donors (Lipinski definition) is 2. The molecular formula is C13H15F2NO5S. The Balaban J connectivity index is 2.88. The molecule has 1 aromatic rings. The van der Waals surface area contributed by atoms with Crippen LogP contribution in [0.1, 0.15) is 24.2 Å². The Hall–Kier alpha value is -2.03. The minimum atomic E-state index is -4.71. The Morgan fingerprint density at radius 1 is 1.14 bits per heavy atom. The molecule has 2 atom stereocenters. The minimum absolute atomic E-state index is 0.0395. The van der Waals surface area contributed by atoms with Gasteiger partial charge in [0.05, 0.1) is 10.8 Å². The van der Waals surface area contributed by atoms with E-state index >= 15 is 0 Å². The van der Waals surface area contributed by atoms with Crippen LogP contribution in [0.4, 0.5) is 8.78 Å². The number of carboxylic acids is 1. The monoisotopic (exact) mass is 335 g/mol. The second-order valence-corrected chi connectivity index (χ2v) is 6.64. The van der Waals surface area contributed by atoms with Crippen LogP contribution in [0.25, 0.3) is 0 Å². The van der Waals surface area contributed by atoms with Crippen molar-refractivity contribution in [1.29, 1.82) is 0 Å². The molecule has 0 aromatic heterocycles. The first-order valence-corrected chi connectivity index (χ1v) is 7.77. The first-order chi connectivity index (χ1) is 10.1. The van der Waals surface area contributed by atoms with E-state index in [1.54, 1.807) is 0 Å². The molecule has 0 aliphatic rings. The Morgan fingerprint density at radius 3 is 2.05 bits per heavy atom. The van der Waals surface area contributed by atoms with E-state index in [0.717, 1.165) is 24.3 Å². The number of aliphatic carboxylic acids is 1. The average Bonchev–Trinajstić information content (AvgIpc) is 2.46. The van der Waals surface area contributed by atoms with Gasteiger partial charge in [0.25, 0.3) is 5.91 Å². The summed E-state index contributed by atoms with van der Waals surface area (Å²) in [5, 5.41) is 11.3. The predicted molar refractivity (Wildman–Crippen MR) is 73.4 cm³/mol. The zero-order chi connectivity index (χ0) is 17.1. The molecule has 1 rings (SSSR count). The van der Waals surface area contributed by atoms with Gasteiger partial charge < -0.3 is 10.4 Å². The number of benzene rings is 1. The molecule has 0 saturated heterocycles. The van der Waals surface area contributed by atoms with Gasteiger partial charge in [-0.05, 0) is 38.1 Å². The van der Waals surface area contributed by atoms with Gasteiger partial charge in [0.1, 0.15) is 0 Å². The molecule has 1 aromatic carbocycles. The molecule has 0 heterocycles. The largest absolute Gasteiger partial charge is 0.481 e. The maximum atomic E-state index is 12.4. The highest BCUT2D eigenvalue weighted by molar-refractivity contribution is 7.91. The van der Waals surface area contributed by atoms with Crippen LogP contribution in [0.3, 0.4) is 0 Å². The zero-order valence-corrected chi connectivity index (χ0v) is 12.6. The van der Waals surface area contributed by atoms with Crippen LogP contribution < -0.4 is 5.32 Å². The molecule has 9 heteroatoms. The number of carboxylic acid groups (broad SMARTS) is 1. The SMILES string of the molecule is CC(NC(=O)c1ccc(S(=O)(=O)C(F)F)cc1)C(C)C(=O)O. The third kappa shape index (κ3) is 4.00. The van der Waals surface area contributed by atoms with Gasteiger partial charge >= 0.3 is 11.7 Å². The Bertz CT molecular complexity index is 658. The number of alkyl halides is 2. The van der Waals surface area contributed by atoms with Gasteiger partial charge in [0.15, 0.2) is 0 Å². The van der Waals surface area contributed by atoms with Crippen molar-refractivity contribution in [1.82, 2.24) is 5.32 Å². The molecule has 0 spiro atoms. The average molecular weight is 335 g/mol. The van der Waals surface area contributed by atoms with Crippen molar-refractivity contribution in [2.75, 3.05) is 0 Å². The summed E-state index contributed by atoms with van der Waals surface area (Å²) in [4.78, 5) is 22.1. The van der Waals surface area contributed by atoms with Gasteiger partial charge in [-0.3, -0.25) is 9.59 Å². The summed E-state index contributed by atoms with van der Waals surface area (Å²) < 4.78 is 47.2. The van der Waals surface area contributed by atoms with E-state index in [4.69, 9.17) is 5.11 Å². The molecule has 0 aliphatic carbocycles. The summed E-state index contributed by atoms with van der Waals surface area (Å²) in [6, 6.07) is 3.32. The summed E-state index contributed by atoms with van der Waals surface area (Å²) in [5.74, 6) is -6.06. The number of halogens is 2. The van der Waals surface area contributed by atoms with Gasteiger partial charge in [-0.1, -0.05) is 0 Å². The second kappa shape index (κ2) is 6.82. The van der Waals surface area contributed by atoms with E-state index in [2.05, 4.69) is 5.32 Å². The van der Waals surface area contributed by atoms with Crippen LogP contribution in [-0.2, 0) is 14.6 Å². The van der Waals surface area contributed by atoms with Crippen LogP contribution in [0.2, 0.25) is 0 Å². The molecule has 2 N–H and O–H groups in total. The smallest absolute Gasteiger partial charge is 0.341 e. The lowest BCUT2D eigenvalue weighted by atomic mass is 10.0. The zero-order valence-electron chi connectivity index (χ0n) is 11.8. The molecule has 6 nitrogen and oxygen atoms in total.